The van der Waals surface area contributed by atoms with Crippen LogP contribution in [-0.4, -0.2) is 25.3 Å². The number of thiophene rings is 1. The topological polar surface area (TPSA) is 114 Å². The van der Waals surface area contributed by atoms with Gasteiger partial charge in [0.05, 0.1) is 4.92 Å². The molecule has 0 bridgehead atoms. The summed E-state index contributed by atoms with van der Waals surface area (Å²) < 4.78 is 25.7. The minimum Gasteiger partial charge on any atom is -0.318 e. The lowest BCUT2D eigenvalue weighted by Gasteiger charge is -2.18. The number of rotatable bonds is 2. The summed E-state index contributed by atoms with van der Waals surface area (Å²) in [4.78, 5) is 14.2. The largest absolute Gasteiger partial charge is 0.323 e. The van der Waals surface area contributed by atoms with E-state index in [0.29, 0.717) is 11.3 Å². The molecule has 0 unspecified atom stereocenters. The summed E-state index contributed by atoms with van der Waals surface area (Å²) in [5.74, 6) is -0.0555. The van der Waals surface area contributed by atoms with E-state index in [1.807, 2.05) is 0 Å². The monoisotopic (exact) mass is 324 g/mol. The van der Waals surface area contributed by atoms with Crippen LogP contribution in [0.15, 0.2) is 9.20 Å². The summed E-state index contributed by atoms with van der Waals surface area (Å²) in [6.07, 6.45) is 0. The van der Waals surface area contributed by atoms with Gasteiger partial charge in [-0.2, -0.15) is 0 Å². The lowest BCUT2D eigenvalue weighted by Crippen LogP contribution is -2.40. The van der Waals surface area contributed by atoms with Crippen LogP contribution in [0.25, 0.3) is 0 Å². The highest BCUT2D eigenvalue weighted by molar-refractivity contribution is 7.92. The van der Waals surface area contributed by atoms with Crippen molar-refractivity contribution in [3.05, 3.63) is 14.5 Å². The van der Waals surface area contributed by atoms with Gasteiger partial charge in [0.25, 0.3) is 10.0 Å². The van der Waals surface area contributed by atoms with E-state index in [1.165, 1.54) is 0 Å². The molecule has 2 N–H and O–H groups in total. The van der Waals surface area contributed by atoms with Gasteiger partial charge < -0.3 is 5.32 Å². The number of anilines is 1. The van der Waals surface area contributed by atoms with Crippen LogP contribution in [0.4, 0.5) is 11.4 Å². The quantitative estimate of drug-likeness (QED) is 0.635. The van der Waals surface area contributed by atoms with Gasteiger partial charge in [-0.25, -0.2) is 18.1 Å². The summed E-state index contributed by atoms with van der Waals surface area (Å²) >= 11 is 6.34. The van der Waals surface area contributed by atoms with E-state index in [0.717, 1.165) is 0 Å². The molecule has 0 amide bonds. The van der Waals surface area contributed by atoms with Gasteiger partial charge in [0.2, 0.25) is 5.96 Å². The maximum Gasteiger partial charge on any atom is 0.323 e. The number of nitrogens with zero attached hydrogens (tertiary/aromatic N) is 2. The van der Waals surface area contributed by atoms with Gasteiger partial charge >= 0.3 is 5.69 Å². The van der Waals surface area contributed by atoms with Crippen molar-refractivity contribution in [1.29, 1.82) is 0 Å². The number of hydrogen-bond acceptors (Lipinski definition) is 6. The van der Waals surface area contributed by atoms with E-state index in [-0.39, 0.29) is 26.2 Å². The van der Waals surface area contributed by atoms with Crippen molar-refractivity contribution in [1.82, 2.24) is 4.72 Å². The van der Waals surface area contributed by atoms with Crippen LogP contribution in [0.1, 0.15) is 13.8 Å². The molecule has 2 rings (SSSR count). The van der Waals surface area contributed by atoms with Gasteiger partial charge in [0.15, 0.2) is 14.2 Å². The number of halogens is 1. The normalized spacial score (nSPS) is 18.8. The molecular formula is C8H9ClN4O4S2. The molecule has 1 aromatic rings. The second kappa shape index (κ2) is 4.62. The molecule has 1 aliphatic rings. The van der Waals surface area contributed by atoms with Crippen molar-refractivity contribution in [2.24, 2.45) is 4.99 Å². The molecule has 0 atom stereocenters. The molecule has 0 fully saturated rings. The molecule has 0 saturated carbocycles. The van der Waals surface area contributed by atoms with Gasteiger partial charge in [0.1, 0.15) is 0 Å². The minimum absolute atomic E-state index is 0.0555. The second-order valence-corrected chi connectivity index (χ2v) is 7.45. The molecule has 0 spiro atoms. The van der Waals surface area contributed by atoms with Crippen LogP contribution in [0.5, 0.6) is 0 Å². The van der Waals surface area contributed by atoms with Gasteiger partial charge in [-0.1, -0.05) is 11.6 Å². The van der Waals surface area contributed by atoms with Gasteiger partial charge in [-0.05, 0) is 13.8 Å². The fraction of sp³-hybridized carbons (Fsp3) is 0.375. The average molecular weight is 325 g/mol. The highest BCUT2D eigenvalue weighted by Crippen LogP contribution is 2.46. The molecule has 1 aromatic heterocycles. The Labute approximate surface area is 117 Å². The zero-order valence-corrected chi connectivity index (χ0v) is 12.2. The Balaban J connectivity index is 2.64. The van der Waals surface area contributed by atoms with E-state index in [2.05, 4.69) is 15.0 Å². The maximum atomic E-state index is 12.0. The zero-order chi connectivity index (χ0) is 14.4. The van der Waals surface area contributed by atoms with Crippen molar-refractivity contribution in [3.63, 3.8) is 0 Å². The number of fused-ring (bicyclic) bond motifs is 1. The first-order chi connectivity index (χ1) is 8.72. The first kappa shape index (κ1) is 14.0. The molecule has 104 valence electrons. The third kappa shape index (κ3) is 2.51. The highest BCUT2D eigenvalue weighted by Gasteiger charge is 2.38. The predicted molar refractivity (Wildman–Crippen MR) is 72.5 cm³/mol. The lowest BCUT2D eigenvalue weighted by molar-refractivity contribution is -0.383. The highest BCUT2D eigenvalue weighted by atomic mass is 35.5. The van der Waals surface area contributed by atoms with Crippen LogP contribution in [0, 0.1) is 10.1 Å². The van der Waals surface area contributed by atoms with Gasteiger partial charge in [-0.3, -0.25) is 10.1 Å². The summed E-state index contributed by atoms with van der Waals surface area (Å²) in [5.41, 5.74) is -0.596. The summed E-state index contributed by atoms with van der Waals surface area (Å²) in [6, 6.07) is -0.181. The van der Waals surface area contributed by atoms with Crippen molar-refractivity contribution < 1.29 is 13.3 Å². The van der Waals surface area contributed by atoms with E-state index in [9.17, 15) is 18.5 Å². The molecule has 8 nitrogen and oxygen atoms in total. The number of nitro groups is 1. The van der Waals surface area contributed by atoms with Crippen LogP contribution >= 0.6 is 22.9 Å². The van der Waals surface area contributed by atoms with Crippen LogP contribution < -0.4 is 10.0 Å². The fourth-order valence-electron chi connectivity index (χ4n) is 1.47. The molecule has 19 heavy (non-hydrogen) atoms. The third-order valence-electron chi connectivity index (χ3n) is 2.10. The van der Waals surface area contributed by atoms with E-state index >= 15 is 0 Å². The number of nitrogens with one attached hydrogen (secondary N) is 2. The Kier molecular flexibility index (Phi) is 3.41. The van der Waals surface area contributed by atoms with Crippen LogP contribution in [0.2, 0.25) is 4.34 Å². The number of guanidine groups is 1. The van der Waals surface area contributed by atoms with Crippen molar-refractivity contribution in [3.8, 4) is 0 Å². The molecule has 1 aliphatic heterocycles. The molecule has 2 heterocycles. The van der Waals surface area contributed by atoms with Crippen LogP contribution in [-0.2, 0) is 10.0 Å². The number of aliphatic imine (C=N–C) groups is 1. The van der Waals surface area contributed by atoms with Crippen molar-refractivity contribution in [2.45, 2.75) is 24.1 Å². The van der Waals surface area contributed by atoms with Crippen molar-refractivity contribution in [2.75, 3.05) is 5.32 Å². The predicted octanol–water partition coefficient (Wildman–Crippen LogP) is 1.78. The molecule has 0 saturated heterocycles. The molecule has 0 aromatic carbocycles. The minimum atomic E-state index is -3.89. The summed E-state index contributed by atoms with van der Waals surface area (Å²) in [6.45, 7) is 3.49. The van der Waals surface area contributed by atoms with E-state index in [1.54, 1.807) is 13.8 Å². The Bertz CT molecular complexity index is 679. The van der Waals surface area contributed by atoms with Crippen LogP contribution in [0.3, 0.4) is 0 Å². The summed E-state index contributed by atoms with van der Waals surface area (Å²) in [7, 11) is -3.89. The van der Waals surface area contributed by atoms with Crippen molar-refractivity contribution >= 4 is 50.3 Å². The zero-order valence-electron chi connectivity index (χ0n) is 9.80. The fourth-order valence-corrected chi connectivity index (χ4v) is 4.37. The summed E-state index contributed by atoms with van der Waals surface area (Å²) in [5, 5.41) is 13.5. The van der Waals surface area contributed by atoms with Gasteiger partial charge in [-0.15, -0.1) is 11.3 Å². The average Bonchev–Trinajstić information content (AvgIpc) is 2.53. The standard InChI is InChI=1S/C8H9ClN4O4S2/c1-3(2)10-8-11-4-5(13(14)15)6(9)18-7(4)19(16,17)12-8/h3H,1-2H3,(H2,10,11,12). The Morgan fingerprint density at radius 2 is 2.11 bits per heavy atom. The molecular weight excluding hydrogens is 316 g/mol. The smallest absolute Gasteiger partial charge is 0.318 e. The SMILES string of the molecule is CC(C)N=C1Nc2c(sc(Cl)c2[N+](=O)[O-])S(=O)(=O)N1. The molecule has 11 heteroatoms. The van der Waals surface area contributed by atoms with E-state index < -0.39 is 20.6 Å². The first-order valence-corrected chi connectivity index (χ1v) is 7.74. The van der Waals surface area contributed by atoms with Gasteiger partial charge in [0, 0.05) is 6.04 Å². The Morgan fingerprint density at radius 3 is 2.63 bits per heavy atom. The second-order valence-electron chi connectivity index (χ2n) is 3.95. The third-order valence-corrected chi connectivity index (χ3v) is 5.33. The lowest BCUT2D eigenvalue weighted by atomic mass is 10.4. The number of hydrogen-bond donors (Lipinski definition) is 2. The Hall–Kier alpha value is -1.39. The molecule has 0 radical (unpaired) electrons. The Morgan fingerprint density at radius 1 is 1.47 bits per heavy atom. The number of sulfonamides is 1. The first-order valence-electron chi connectivity index (χ1n) is 5.06. The van der Waals surface area contributed by atoms with E-state index in [4.69, 9.17) is 11.6 Å². The maximum absolute atomic E-state index is 12.0. The molecule has 0 aliphatic carbocycles.